The molecule has 3 heterocycles. The van der Waals surface area contributed by atoms with Gasteiger partial charge in [0.25, 0.3) is 0 Å². The number of nitrogens with one attached hydrogen (secondary N) is 1. The Kier molecular flexibility index (Phi) is 5.53. The molecule has 2 fully saturated rings. The summed E-state index contributed by atoms with van der Waals surface area (Å²) in [6.07, 6.45) is 9.79. The standard InChI is InChI=1S/C22H33N7O2/c1-21(2,3)31-20(30)29-14-17(22(15-29)9-6-7-10-22)28(5)18-8-11-23-19(26-18)25-16-12-24-27(4)13-16/h8,11-13,17H,6-7,9-10,14-15H2,1-5H3,(H,23,25,26). The van der Waals surface area contributed by atoms with Crippen LogP contribution in [0.3, 0.4) is 0 Å². The van der Waals surface area contributed by atoms with E-state index in [1.165, 1.54) is 12.8 Å². The van der Waals surface area contributed by atoms with Gasteiger partial charge in [-0.2, -0.15) is 10.1 Å². The van der Waals surface area contributed by atoms with Crippen LogP contribution in [0.5, 0.6) is 0 Å². The summed E-state index contributed by atoms with van der Waals surface area (Å²) in [6, 6.07) is 2.11. The van der Waals surface area contributed by atoms with Crippen LogP contribution < -0.4 is 10.2 Å². The Morgan fingerprint density at radius 2 is 2.06 bits per heavy atom. The van der Waals surface area contributed by atoms with Crippen molar-refractivity contribution >= 4 is 23.5 Å². The van der Waals surface area contributed by atoms with Gasteiger partial charge < -0.3 is 19.9 Å². The van der Waals surface area contributed by atoms with Crippen molar-refractivity contribution in [3.05, 3.63) is 24.7 Å². The summed E-state index contributed by atoms with van der Waals surface area (Å²) in [7, 11) is 3.94. The van der Waals surface area contributed by atoms with Crippen LogP contribution in [0.2, 0.25) is 0 Å². The number of hydrogen-bond donors (Lipinski definition) is 1. The zero-order valence-corrected chi connectivity index (χ0v) is 19.1. The van der Waals surface area contributed by atoms with Crippen LogP contribution in [0.15, 0.2) is 24.7 Å². The average Bonchev–Trinajstić information content (AvgIpc) is 3.42. The summed E-state index contributed by atoms with van der Waals surface area (Å²) < 4.78 is 7.40. The minimum absolute atomic E-state index is 0.0769. The number of aryl methyl sites for hydroxylation is 1. The van der Waals surface area contributed by atoms with E-state index in [9.17, 15) is 4.79 Å². The number of aromatic nitrogens is 4. The fraction of sp³-hybridized carbons (Fsp3) is 0.636. The SMILES string of the molecule is CN(c1ccnc(Nc2cnn(C)c2)n1)C1CN(C(=O)OC(C)(C)C)CC12CCCC2. The largest absolute Gasteiger partial charge is 0.444 e. The zero-order chi connectivity index (χ0) is 22.2. The molecule has 0 bridgehead atoms. The molecule has 0 aromatic carbocycles. The molecule has 9 nitrogen and oxygen atoms in total. The van der Waals surface area contributed by atoms with Gasteiger partial charge in [-0.15, -0.1) is 0 Å². The van der Waals surface area contributed by atoms with Crippen molar-refractivity contribution in [3.8, 4) is 0 Å². The lowest BCUT2D eigenvalue weighted by Gasteiger charge is -2.37. The molecule has 31 heavy (non-hydrogen) atoms. The van der Waals surface area contributed by atoms with E-state index in [1.807, 2.05) is 45.0 Å². The smallest absolute Gasteiger partial charge is 0.410 e. The van der Waals surface area contributed by atoms with Gasteiger partial charge in [-0.25, -0.2) is 9.78 Å². The molecular formula is C22H33N7O2. The molecule has 168 valence electrons. The van der Waals surface area contributed by atoms with Crippen molar-refractivity contribution in [1.29, 1.82) is 0 Å². The number of carbonyl (C=O) groups excluding carboxylic acids is 1. The Labute approximate surface area is 183 Å². The number of amides is 1. The third-order valence-corrected chi connectivity index (χ3v) is 6.29. The molecule has 1 aliphatic carbocycles. The van der Waals surface area contributed by atoms with Crippen molar-refractivity contribution in [3.63, 3.8) is 0 Å². The van der Waals surface area contributed by atoms with Crippen molar-refractivity contribution in [2.45, 2.75) is 58.1 Å². The lowest BCUT2D eigenvalue weighted by atomic mass is 9.80. The average molecular weight is 428 g/mol. The van der Waals surface area contributed by atoms with Crippen LogP contribution >= 0.6 is 0 Å². The van der Waals surface area contributed by atoms with Crippen molar-refractivity contribution < 1.29 is 9.53 Å². The Hall–Kier alpha value is -2.84. The van der Waals surface area contributed by atoms with Gasteiger partial charge in [-0.05, 0) is 39.7 Å². The lowest BCUT2D eigenvalue weighted by Crippen LogP contribution is -2.44. The molecule has 1 amide bonds. The van der Waals surface area contributed by atoms with Crippen molar-refractivity contribution in [1.82, 2.24) is 24.6 Å². The molecule has 1 N–H and O–H groups in total. The highest BCUT2D eigenvalue weighted by Crippen LogP contribution is 2.48. The van der Waals surface area contributed by atoms with E-state index in [-0.39, 0.29) is 17.6 Å². The van der Waals surface area contributed by atoms with E-state index in [2.05, 4.69) is 27.3 Å². The Balaban J connectivity index is 1.54. The first-order chi connectivity index (χ1) is 14.7. The number of rotatable bonds is 4. The Morgan fingerprint density at radius 1 is 1.32 bits per heavy atom. The molecule has 2 aromatic heterocycles. The summed E-state index contributed by atoms with van der Waals surface area (Å²) in [5.41, 5.74) is 0.420. The molecule has 2 aromatic rings. The molecule has 1 atom stereocenters. The summed E-state index contributed by atoms with van der Waals surface area (Å²) in [5, 5.41) is 7.38. The maximum Gasteiger partial charge on any atom is 0.410 e. The highest BCUT2D eigenvalue weighted by Gasteiger charge is 2.52. The molecule has 1 spiro atoms. The van der Waals surface area contributed by atoms with E-state index in [1.54, 1.807) is 17.1 Å². The Bertz CT molecular complexity index is 930. The van der Waals surface area contributed by atoms with Gasteiger partial charge in [0.05, 0.1) is 17.9 Å². The van der Waals surface area contributed by atoms with Crippen molar-refractivity contribution in [2.75, 3.05) is 30.4 Å². The minimum atomic E-state index is -0.497. The van der Waals surface area contributed by atoms with E-state index in [0.717, 1.165) is 30.9 Å². The topological polar surface area (TPSA) is 88.4 Å². The molecule has 2 aliphatic rings. The molecular weight excluding hydrogens is 394 g/mol. The van der Waals surface area contributed by atoms with Gasteiger partial charge in [-0.1, -0.05) is 12.8 Å². The Morgan fingerprint density at radius 3 is 2.71 bits per heavy atom. The summed E-state index contributed by atoms with van der Waals surface area (Å²) in [6.45, 7) is 7.11. The van der Waals surface area contributed by atoms with Gasteiger partial charge in [0.1, 0.15) is 11.4 Å². The lowest BCUT2D eigenvalue weighted by molar-refractivity contribution is 0.0273. The van der Waals surface area contributed by atoms with Crippen molar-refractivity contribution in [2.24, 2.45) is 12.5 Å². The highest BCUT2D eigenvalue weighted by atomic mass is 16.6. The van der Waals surface area contributed by atoms with Gasteiger partial charge in [0.2, 0.25) is 5.95 Å². The molecule has 1 unspecified atom stereocenters. The first-order valence-electron chi connectivity index (χ1n) is 10.9. The van der Waals surface area contributed by atoms with Crippen LogP contribution in [-0.2, 0) is 11.8 Å². The number of hydrogen-bond acceptors (Lipinski definition) is 7. The second kappa shape index (κ2) is 8.01. The van der Waals surface area contributed by atoms with Gasteiger partial charge in [0, 0.05) is 45.0 Å². The first-order valence-corrected chi connectivity index (χ1v) is 10.9. The number of anilines is 3. The van der Waals surface area contributed by atoms with Gasteiger partial charge in [-0.3, -0.25) is 4.68 Å². The maximum atomic E-state index is 12.8. The van der Waals surface area contributed by atoms with Gasteiger partial charge >= 0.3 is 6.09 Å². The van der Waals surface area contributed by atoms with E-state index in [4.69, 9.17) is 9.72 Å². The molecule has 1 saturated heterocycles. The van der Waals surface area contributed by atoms with Gasteiger partial charge in [0.15, 0.2) is 0 Å². The van der Waals surface area contributed by atoms with Crippen LogP contribution in [0.25, 0.3) is 0 Å². The monoisotopic (exact) mass is 427 g/mol. The number of ether oxygens (including phenoxy) is 1. The van der Waals surface area contributed by atoms with Crippen LogP contribution in [0.1, 0.15) is 46.5 Å². The number of nitrogens with zero attached hydrogens (tertiary/aromatic N) is 6. The predicted molar refractivity (Wildman–Crippen MR) is 119 cm³/mol. The normalized spacial score (nSPS) is 20.3. The molecule has 1 aliphatic heterocycles. The minimum Gasteiger partial charge on any atom is -0.444 e. The van der Waals surface area contributed by atoms with Crippen LogP contribution in [-0.4, -0.2) is 62.5 Å². The third kappa shape index (κ3) is 4.60. The number of likely N-dealkylation sites (N-methyl/N-ethyl adjacent to an activating group) is 1. The fourth-order valence-corrected chi connectivity index (χ4v) is 4.90. The number of likely N-dealkylation sites (tertiary alicyclic amines) is 1. The second-order valence-corrected chi connectivity index (χ2v) is 9.82. The van der Waals surface area contributed by atoms with E-state index in [0.29, 0.717) is 12.5 Å². The highest BCUT2D eigenvalue weighted by molar-refractivity contribution is 5.69. The van der Waals surface area contributed by atoms with Crippen LogP contribution in [0.4, 0.5) is 22.2 Å². The summed E-state index contributed by atoms with van der Waals surface area (Å²) in [4.78, 5) is 26.0. The third-order valence-electron chi connectivity index (χ3n) is 6.29. The molecule has 4 rings (SSSR count). The molecule has 0 radical (unpaired) electrons. The van der Waals surface area contributed by atoms with E-state index < -0.39 is 5.60 Å². The van der Waals surface area contributed by atoms with E-state index >= 15 is 0 Å². The first kappa shape index (κ1) is 21.4. The molecule has 9 heteroatoms. The maximum absolute atomic E-state index is 12.8. The molecule has 1 saturated carbocycles. The quantitative estimate of drug-likeness (QED) is 0.798. The fourth-order valence-electron chi connectivity index (χ4n) is 4.90. The number of carbonyl (C=O) groups is 1. The summed E-state index contributed by atoms with van der Waals surface area (Å²) in [5.74, 6) is 1.36. The predicted octanol–water partition coefficient (Wildman–Crippen LogP) is 3.57. The zero-order valence-electron chi connectivity index (χ0n) is 19.1. The summed E-state index contributed by atoms with van der Waals surface area (Å²) >= 11 is 0. The second-order valence-electron chi connectivity index (χ2n) is 9.82. The van der Waals surface area contributed by atoms with Crippen LogP contribution in [0, 0.1) is 5.41 Å².